The van der Waals surface area contributed by atoms with Crippen molar-refractivity contribution >= 4 is 28.9 Å². The minimum absolute atomic E-state index is 0.117. The van der Waals surface area contributed by atoms with Gasteiger partial charge >= 0.3 is 11.4 Å². The molecule has 168 valence electrons. The van der Waals surface area contributed by atoms with Gasteiger partial charge in [0.1, 0.15) is 0 Å². The molecule has 3 aromatic rings. The van der Waals surface area contributed by atoms with Crippen LogP contribution in [0.15, 0.2) is 72.8 Å². The van der Waals surface area contributed by atoms with Crippen LogP contribution in [0.4, 0.5) is 17.1 Å². The van der Waals surface area contributed by atoms with E-state index in [4.69, 9.17) is 0 Å². The summed E-state index contributed by atoms with van der Waals surface area (Å²) in [7, 11) is 1.42. The highest BCUT2D eigenvalue weighted by atomic mass is 16.6. The maximum absolute atomic E-state index is 13.0. The Kier molecular flexibility index (Phi) is 7.09. The topological polar surface area (TPSA) is 136 Å². The fourth-order valence-electron chi connectivity index (χ4n) is 3.28. The summed E-state index contributed by atoms with van der Waals surface area (Å²) >= 11 is 0. The largest absolute Gasteiger partial charge is 0.352 e. The lowest BCUT2D eigenvalue weighted by molar-refractivity contribution is -0.422. The normalized spacial score (nSPS) is 10.3. The maximum atomic E-state index is 13.0. The average molecular weight is 448 g/mol. The van der Waals surface area contributed by atoms with E-state index in [2.05, 4.69) is 5.32 Å². The molecule has 0 radical (unpaired) electrons. The molecule has 3 aromatic carbocycles. The van der Waals surface area contributed by atoms with Crippen LogP contribution in [-0.2, 0) is 6.42 Å². The molecule has 2 amide bonds. The van der Waals surface area contributed by atoms with Gasteiger partial charge in [-0.05, 0) is 30.2 Å². The fraction of sp³-hybridized carbons (Fsp3) is 0.130. The van der Waals surface area contributed by atoms with Crippen LogP contribution >= 0.6 is 0 Å². The Hall–Kier alpha value is -4.60. The van der Waals surface area contributed by atoms with Gasteiger partial charge in [-0.2, -0.15) is 0 Å². The summed E-state index contributed by atoms with van der Waals surface area (Å²) in [5.41, 5.74) is -0.00522. The number of amides is 2. The van der Waals surface area contributed by atoms with E-state index >= 15 is 0 Å². The Balaban J connectivity index is 1.80. The molecule has 0 bridgehead atoms. The SMILES string of the molecule is CN(C(=O)c1ccc([N+](=O)[O-])c([N+](=O)[O-])c1)c1ccccc1C(=O)NCCc1ccccc1. The summed E-state index contributed by atoms with van der Waals surface area (Å²) in [6.45, 7) is 0.392. The number of anilines is 1. The monoisotopic (exact) mass is 448 g/mol. The zero-order valence-corrected chi connectivity index (χ0v) is 17.6. The maximum Gasteiger partial charge on any atom is 0.346 e. The molecule has 0 heterocycles. The van der Waals surface area contributed by atoms with E-state index in [1.807, 2.05) is 30.3 Å². The summed E-state index contributed by atoms with van der Waals surface area (Å²) in [6, 6.07) is 19.0. The van der Waals surface area contributed by atoms with E-state index in [0.717, 1.165) is 23.8 Å². The second kappa shape index (κ2) is 10.1. The number of para-hydroxylation sites is 1. The molecule has 10 heteroatoms. The van der Waals surface area contributed by atoms with Crippen molar-refractivity contribution in [2.75, 3.05) is 18.5 Å². The Bertz CT molecular complexity index is 1210. The van der Waals surface area contributed by atoms with Gasteiger partial charge in [-0.15, -0.1) is 0 Å². The van der Waals surface area contributed by atoms with Gasteiger partial charge in [0, 0.05) is 31.3 Å². The molecule has 0 aliphatic carbocycles. The summed E-state index contributed by atoms with van der Waals surface area (Å²) in [6.07, 6.45) is 0.635. The van der Waals surface area contributed by atoms with E-state index < -0.39 is 27.1 Å². The van der Waals surface area contributed by atoms with Crippen LogP contribution in [0.5, 0.6) is 0 Å². The van der Waals surface area contributed by atoms with E-state index in [1.165, 1.54) is 11.9 Å². The molecule has 0 aromatic heterocycles. The molecule has 0 aliphatic heterocycles. The van der Waals surface area contributed by atoms with E-state index in [1.54, 1.807) is 24.3 Å². The van der Waals surface area contributed by atoms with Gasteiger partial charge in [0.05, 0.1) is 21.1 Å². The predicted molar refractivity (Wildman–Crippen MR) is 121 cm³/mol. The third-order valence-corrected chi connectivity index (χ3v) is 4.97. The predicted octanol–water partition coefficient (Wildman–Crippen LogP) is 3.75. The molecule has 0 spiro atoms. The number of nitrogens with one attached hydrogen (secondary N) is 1. The van der Waals surface area contributed by atoms with Crippen molar-refractivity contribution in [1.82, 2.24) is 5.32 Å². The first-order chi connectivity index (χ1) is 15.8. The first-order valence-electron chi connectivity index (χ1n) is 9.91. The minimum Gasteiger partial charge on any atom is -0.352 e. The zero-order chi connectivity index (χ0) is 24.0. The zero-order valence-electron chi connectivity index (χ0n) is 17.6. The fourth-order valence-corrected chi connectivity index (χ4v) is 3.28. The van der Waals surface area contributed by atoms with Gasteiger partial charge in [-0.1, -0.05) is 42.5 Å². The Morgan fingerprint density at radius 1 is 0.879 bits per heavy atom. The van der Waals surface area contributed by atoms with Crippen LogP contribution in [0.25, 0.3) is 0 Å². The lowest BCUT2D eigenvalue weighted by atomic mass is 10.1. The molecular formula is C23H20N4O6. The van der Waals surface area contributed by atoms with Gasteiger partial charge < -0.3 is 10.2 Å². The number of nitrogens with zero attached hydrogens (tertiary/aromatic N) is 3. The van der Waals surface area contributed by atoms with Crippen molar-refractivity contribution in [3.63, 3.8) is 0 Å². The number of benzene rings is 3. The van der Waals surface area contributed by atoms with Crippen LogP contribution in [0.1, 0.15) is 26.3 Å². The van der Waals surface area contributed by atoms with E-state index in [0.29, 0.717) is 18.7 Å². The molecule has 3 rings (SSSR count). The van der Waals surface area contributed by atoms with Crippen molar-refractivity contribution in [1.29, 1.82) is 0 Å². The molecular weight excluding hydrogens is 428 g/mol. The lowest BCUT2D eigenvalue weighted by Crippen LogP contribution is -2.31. The standard InChI is InChI=1S/C23H20N4O6/c1-25(23(29)17-11-12-20(26(30)31)21(15-17)27(32)33)19-10-6-5-9-18(19)22(28)24-14-13-16-7-3-2-4-8-16/h2-12,15H,13-14H2,1H3,(H,24,28). The van der Waals surface area contributed by atoms with Crippen LogP contribution in [-0.4, -0.2) is 35.3 Å². The van der Waals surface area contributed by atoms with Gasteiger partial charge in [0.15, 0.2) is 0 Å². The highest BCUT2D eigenvalue weighted by molar-refractivity contribution is 6.10. The molecule has 0 aliphatic rings. The summed E-state index contributed by atoms with van der Waals surface area (Å²) in [4.78, 5) is 47.4. The minimum atomic E-state index is -0.914. The second-order valence-corrected chi connectivity index (χ2v) is 7.09. The smallest absolute Gasteiger partial charge is 0.346 e. The van der Waals surface area contributed by atoms with Crippen molar-refractivity contribution in [3.05, 3.63) is 110 Å². The van der Waals surface area contributed by atoms with Gasteiger partial charge in [-0.25, -0.2) is 0 Å². The molecule has 1 N–H and O–H groups in total. The third-order valence-electron chi connectivity index (χ3n) is 4.97. The summed E-state index contributed by atoms with van der Waals surface area (Å²) < 4.78 is 0. The van der Waals surface area contributed by atoms with Crippen LogP contribution in [0.3, 0.4) is 0 Å². The molecule has 0 fully saturated rings. The molecule has 10 nitrogen and oxygen atoms in total. The van der Waals surface area contributed by atoms with Gasteiger partial charge in [-0.3, -0.25) is 29.8 Å². The number of nitro groups is 2. The first-order valence-corrected chi connectivity index (χ1v) is 9.91. The molecule has 0 saturated heterocycles. The van der Waals surface area contributed by atoms with Crippen molar-refractivity contribution < 1.29 is 19.4 Å². The molecule has 33 heavy (non-hydrogen) atoms. The Labute approximate surface area is 188 Å². The number of carbonyl (C=O) groups excluding carboxylic acids is 2. The first kappa shape index (κ1) is 23.1. The van der Waals surface area contributed by atoms with Crippen LogP contribution in [0, 0.1) is 20.2 Å². The van der Waals surface area contributed by atoms with Crippen molar-refractivity contribution in [3.8, 4) is 0 Å². The number of hydrogen-bond acceptors (Lipinski definition) is 6. The third kappa shape index (κ3) is 5.37. The molecule has 0 saturated carbocycles. The molecule has 0 unspecified atom stereocenters. The quantitative estimate of drug-likeness (QED) is 0.412. The van der Waals surface area contributed by atoms with Gasteiger partial charge in [0.25, 0.3) is 11.8 Å². The number of hydrogen-bond donors (Lipinski definition) is 1. The van der Waals surface area contributed by atoms with Crippen molar-refractivity contribution in [2.45, 2.75) is 6.42 Å². The number of carbonyl (C=O) groups is 2. The van der Waals surface area contributed by atoms with Crippen molar-refractivity contribution in [2.24, 2.45) is 0 Å². The van der Waals surface area contributed by atoms with E-state index in [-0.39, 0.29) is 17.0 Å². The highest BCUT2D eigenvalue weighted by Gasteiger charge is 2.27. The second-order valence-electron chi connectivity index (χ2n) is 7.09. The van der Waals surface area contributed by atoms with Gasteiger partial charge in [0.2, 0.25) is 0 Å². The number of nitro benzene ring substituents is 2. The number of rotatable bonds is 8. The summed E-state index contributed by atoms with van der Waals surface area (Å²) in [5.74, 6) is -1.03. The summed E-state index contributed by atoms with van der Waals surface area (Å²) in [5, 5.41) is 25.1. The average Bonchev–Trinajstić information content (AvgIpc) is 2.83. The Morgan fingerprint density at radius 3 is 2.18 bits per heavy atom. The van der Waals surface area contributed by atoms with E-state index in [9.17, 15) is 29.8 Å². The van der Waals surface area contributed by atoms with Crippen LogP contribution < -0.4 is 10.2 Å². The Morgan fingerprint density at radius 2 is 1.52 bits per heavy atom. The highest BCUT2D eigenvalue weighted by Crippen LogP contribution is 2.29. The lowest BCUT2D eigenvalue weighted by Gasteiger charge is -2.20. The van der Waals surface area contributed by atoms with Crippen LogP contribution in [0.2, 0.25) is 0 Å². The molecule has 0 atom stereocenters.